The summed E-state index contributed by atoms with van der Waals surface area (Å²) in [7, 11) is 0. The number of hydrogen-bond donors (Lipinski definition) is 2. The molecule has 0 atom stereocenters. The molecule has 1 aliphatic heterocycles. The van der Waals surface area contributed by atoms with Gasteiger partial charge in [-0.3, -0.25) is 0 Å². The minimum Gasteiger partial charge on any atom is -0.454 e. The highest BCUT2D eigenvalue weighted by Crippen LogP contribution is 2.34. The highest BCUT2D eigenvalue weighted by Gasteiger charge is 2.14. The highest BCUT2D eigenvalue weighted by atomic mass is 16.7. The lowest BCUT2D eigenvalue weighted by molar-refractivity contribution is 0.174. The van der Waals surface area contributed by atoms with Crippen LogP contribution in [0.15, 0.2) is 22.7 Å². The zero-order valence-corrected chi connectivity index (χ0v) is 10.7. The van der Waals surface area contributed by atoms with Crippen molar-refractivity contribution in [3.8, 4) is 11.5 Å². The molecule has 8 nitrogen and oxygen atoms in total. The number of nitrogens with one attached hydrogen (secondary N) is 2. The van der Waals surface area contributed by atoms with Crippen LogP contribution in [0.1, 0.15) is 11.7 Å². The number of hydrogen-bond acceptors (Lipinski definition) is 6. The maximum absolute atomic E-state index is 11.7. The van der Waals surface area contributed by atoms with Gasteiger partial charge in [-0.2, -0.15) is 4.98 Å². The van der Waals surface area contributed by atoms with Gasteiger partial charge in [0, 0.05) is 11.8 Å². The number of ether oxygens (including phenoxy) is 2. The van der Waals surface area contributed by atoms with E-state index in [4.69, 9.17) is 14.0 Å². The van der Waals surface area contributed by atoms with Crippen LogP contribution in [0, 0.1) is 6.92 Å². The molecule has 0 bridgehead atoms. The van der Waals surface area contributed by atoms with Crippen molar-refractivity contribution in [1.29, 1.82) is 0 Å². The zero-order chi connectivity index (χ0) is 13.9. The van der Waals surface area contributed by atoms with E-state index in [0.29, 0.717) is 28.9 Å². The van der Waals surface area contributed by atoms with Gasteiger partial charge in [0.05, 0.1) is 6.54 Å². The van der Waals surface area contributed by atoms with Crippen molar-refractivity contribution < 1.29 is 18.8 Å². The van der Waals surface area contributed by atoms with Crippen molar-refractivity contribution in [3.63, 3.8) is 0 Å². The third-order valence-electron chi connectivity index (χ3n) is 2.60. The van der Waals surface area contributed by atoms with Crippen LogP contribution in [-0.2, 0) is 6.54 Å². The maximum atomic E-state index is 11.7. The topological polar surface area (TPSA) is 98.5 Å². The van der Waals surface area contributed by atoms with E-state index in [0.717, 1.165) is 0 Å². The second-order valence-electron chi connectivity index (χ2n) is 4.11. The monoisotopic (exact) mass is 276 g/mol. The standard InChI is InChI=1S/C12H12N4O4/c1-7-14-11(20-16-7)5-13-12(17)15-8-2-3-9-10(4-8)19-6-18-9/h2-4H,5-6H2,1H3,(H2,13,15,17). The Morgan fingerprint density at radius 3 is 3.00 bits per heavy atom. The normalized spacial score (nSPS) is 12.2. The number of benzene rings is 1. The first-order valence-corrected chi connectivity index (χ1v) is 5.94. The molecule has 1 aliphatic rings. The predicted molar refractivity (Wildman–Crippen MR) is 67.5 cm³/mol. The Balaban J connectivity index is 1.56. The van der Waals surface area contributed by atoms with Crippen LogP contribution >= 0.6 is 0 Å². The van der Waals surface area contributed by atoms with E-state index in [1.807, 2.05) is 0 Å². The quantitative estimate of drug-likeness (QED) is 0.879. The van der Waals surface area contributed by atoms with Gasteiger partial charge < -0.3 is 24.6 Å². The van der Waals surface area contributed by atoms with E-state index in [1.54, 1.807) is 25.1 Å². The SMILES string of the molecule is Cc1noc(CNC(=O)Nc2ccc3c(c2)OCO3)n1. The number of aryl methyl sites for hydroxylation is 1. The second-order valence-corrected chi connectivity index (χ2v) is 4.11. The molecular formula is C12H12N4O4. The molecule has 8 heteroatoms. The molecule has 20 heavy (non-hydrogen) atoms. The lowest BCUT2D eigenvalue weighted by atomic mass is 10.3. The molecule has 0 saturated heterocycles. The van der Waals surface area contributed by atoms with Gasteiger partial charge in [0.15, 0.2) is 17.3 Å². The number of aromatic nitrogens is 2. The Hall–Kier alpha value is -2.77. The van der Waals surface area contributed by atoms with Crippen molar-refractivity contribution in [2.24, 2.45) is 0 Å². The Kier molecular flexibility index (Phi) is 3.12. The van der Waals surface area contributed by atoms with Gasteiger partial charge in [-0.1, -0.05) is 5.16 Å². The summed E-state index contributed by atoms with van der Waals surface area (Å²) in [6.07, 6.45) is 0. The molecule has 2 heterocycles. The molecule has 0 saturated carbocycles. The van der Waals surface area contributed by atoms with Gasteiger partial charge in [-0.05, 0) is 19.1 Å². The van der Waals surface area contributed by atoms with Crippen molar-refractivity contribution in [2.75, 3.05) is 12.1 Å². The number of carbonyl (C=O) groups is 1. The van der Waals surface area contributed by atoms with E-state index in [9.17, 15) is 4.79 Å². The molecule has 3 rings (SSSR count). The second kappa shape index (κ2) is 5.08. The lowest BCUT2D eigenvalue weighted by Crippen LogP contribution is -2.28. The number of nitrogens with zero attached hydrogens (tertiary/aromatic N) is 2. The van der Waals surface area contributed by atoms with Crippen molar-refractivity contribution in [1.82, 2.24) is 15.5 Å². The smallest absolute Gasteiger partial charge is 0.319 e. The van der Waals surface area contributed by atoms with E-state index in [-0.39, 0.29) is 19.4 Å². The summed E-state index contributed by atoms with van der Waals surface area (Å²) in [5, 5.41) is 8.91. The number of anilines is 1. The molecular weight excluding hydrogens is 264 g/mol. The zero-order valence-electron chi connectivity index (χ0n) is 10.7. The molecule has 104 valence electrons. The molecule has 0 unspecified atom stereocenters. The minimum atomic E-state index is -0.375. The fraction of sp³-hybridized carbons (Fsp3) is 0.250. The van der Waals surface area contributed by atoms with Crippen LogP contribution in [0.25, 0.3) is 0 Å². The van der Waals surface area contributed by atoms with Crippen molar-refractivity contribution in [2.45, 2.75) is 13.5 Å². The Bertz CT molecular complexity index is 640. The van der Waals surface area contributed by atoms with E-state index in [2.05, 4.69) is 20.8 Å². The van der Waals surface area contributed by atoms with Crippen LogP contribution in [0.5, 0.6) is 11.5 Å². The summed E-state index contributed by atoms with van der Waals surface area (Å²) in [5.74, 6) is 2.15. The third-order valence-corrected chi connectivity index (χ3v) is 2.60. The molecule has 0 fully saturated rings. The molecule has 2 N–H and O–H groups in total. The fourth-order valence-corrected chi connectivity index (χ4v) is 1.72. The van der Waals surface area contributed by atoms with Gasteiger partial charge >= 0.3 is 6.03 Å². The maximum Gasteiger partial charge on any atom is 0.319 e. The number of amides is 2. The average Bonchev–Trinajstić information content (AvgIpc) is 3.04. The third kappa shape index (κ3) is 2.63. The molecule has 0 spiro atoms. The first kappa shape index (κ1) is 12.3. The number of rotatable bonds is 3. The Labute approximate surface area is 114 Å². The summed E-state index contributed by atoms with van der Waals surface area (Å²) in [4.78, 5) is 15.7. The Morgan fingerprint density at radius 2 is 2.20 bits per heavy atom. The number of carbonyl (C=O) groups excluding carboxylic acids is 1. The summed E-state index contributed by atoms with van der Waals surface area (Å²) in [5.41, 5.74) is 0.605. The summed E-state index contributed by atoms with van der Waals surface area (Å²) < 4.78 is 15.3. The van der Waals surface area contributed by atoms with Crippen molar-refractivity contribution >= 4 is 11.7 Å². The lowest BCUT2D eigenvalue weighted by Gasteiger charge is -2.06. The molecule has 0 aliphatic carbocycles. The van der Waals surface area contributed by atoms with Crippen LogP contribution in [-0.4, -0.2) is 23.0 Å². The summed E-state index contributed by atoms with van der Waals surface area (Å²) in [6.45, 7) is 2.07. The van der Waals surface area contributed by atoms with Gasteiger partial charge in [0.1, 0.15) is 0 Å². The molecule has 1 aromatic heterocycles. The van der Waals surface area contributed by atoms with Crippen LogP contribution < -0.4 is 20.1 Å². The largest absolute Gasteiger partial charge is 0.454 e. The van der Waals surface area contributed by atoms with Crippen LogP contribution in [0.2, 0.25) is 0 Å². The Morgan fingerprint density at radius 1 is 1.35 bits per heavy atom. The molecule has 2 amide bonds. The highest BCUT2D eigenvalue weighted by molar-refractivity contribution is 5.89. The van der Waals surface area contributed by atoms with E-state index < -0.39 is 0 Å². The van der Waals surface area contributed by atoms with Gasteiger partial charge in [-0.15, -0.1) is 0 Å². The first-order valence-electron chi connectivity index (χ1n) is 5.94. The molecule has 0 radical (unpaired) electrons. The van der Waals surface area contributed by atoms with Crippen LogP contribution in [0.4, 0.5) is 10.5 Å². The van der Waals surface area contributed by atoms with Crippen LogP contribution in [0.3, 0.4) is 0 Å². The van der Waals surface area contributed by atoms with Gasteiger partial charge in [0.2, 0.25) is 12.7 Å². The van der Waals surface area contributed by atoms with E-state index >= 15 is 0 Å². The first-order chi connectivity index (χ1) is 9.70. The van der Waals surface area contributed by atoms with E-state index in [1.165, 1.54) is 0 Å². The molecule has 2 aromatic rings. The fourth-order valence-electron chi connectivity index (χ4n) is 1.72. The number of fused-ring (bicyclic) bond motifs is 1. The van der Waals surface area contributed by atoms with Gasteiger partial charge in [-0.25, -0.2) is 4.79 Å². The van der Waals surface area contributed by atoms with Gasteiger partial charge in [0.25, 0.3) is 0 Å². The molecule has 1 aromatic carbocycles. The predicted octanol–water partition coefficient (Wildman–Crippen LogP) is 1.43. The summed E-state index contributed by atoms with van der Waals surface area (Å²) >= 11 is 0. The number of urea groups is 1. The van der Waals surface area contributed by atoms with Crippen molar-refractivity contribution in [3.05, 3.63) is 29.9 Å². The summed E-state index contributed by atoms with van der Waals surface area (Å²) in [6, 6.07) is 4.78. The average molecular weight is 276 g/mol. The minimum absolute atomic E-state index is 0.164.